The average Bonchev–Trinajstić information content (AvgIpc) is 2.31. The summed E-state index contributed by atoms with van der Waals surface area (Å²) in [6, 6.07) is 0. The molecule has 0 radical (unpaired) electrons. The molecule has 0 saturated heterocycles. The minimum atomic E-state index is 0. The lowest BCUT2D eigenvalue weighted by Gasteiger charge is -2.05. The van der Waals surface area contributed by atoms with Gasteiger partial charge in [0.2, 0.25) is 0 Å². The molecule has 0 aromatic heterocycles. The van der Waals surface area contributed by atoms with Crippen molar-refractivity contribution in [3.63, 3.8) is 0 Å². The lowest BCUT2D eigenvalue weighted by molar-refractivity contribution is 0.558. The molecule has 0 saturated carbocycles. The van der Waals surface area contributed by atoms with Gasteiger partial charge in [0, 0.05) is 0 Å². The quantitative estimate of drug-likeness (QED) is 0.373. The van der Waals surface area contributed by atoms with Crippen molar-refractivity contribution in [1.82, 2.24) is 10.6 Å². The summed E-state index contributed by atoms with van der Waals surface area (Å²) in [5, 5.41) is 6.86. The van der Waals surface area contributed by atoms with E-state index in [1.165, 1.54) is 25.7 Å². The van der Waals surface area contributed by atoms with Crippen molar-refractivity contribution >= 4 is 12.4 Å². The van der Waals surface area contributed by atoms with Crippen LogP contribution in [-0.2, 0) is 0 Å². The van der Waals surface area contributed by atoms with E-state index in [4.69, 9.17) is 11.5 Å². The standard InChI is InChI=1S/C12H30N4.ClH/c13-7-1-3-9-15-11-5-6-12-16-10-4-2-8-14;/h15-16H,1-14H2;1H. The second-order valence-electron chi connectivity index (χ2n) is 4.20. The summed E-state index contributed by atoms with van der Waals surface area (Å²) in [6.45, 7) is 6.12. The van der Waals surface area contributed by atoms with Crippen molar-refractivity contribution in [3.05, 3.63) is 0 Å². The molecule has 0 aliphatic carbocycles. The van der Waals surface area contributed by atoms with Crippen LogP contribution >= 0.6 is 12.4 Å². The lowest BCUT2D eigenvalue weighted by atomic mass is 10.2. The smallest absolute Gasteiger partial charge is 0.00484 e. The Morgan fingerprint density at radius 3 is 1.12 bits per heavy atom. The Kier molecular flexibility index (Phi) is 21.2. The highest BCUT2D eigenvalue weighted by atomic mass is 35.5. The molecule has 5 heteroatoms. The van der Waals surface area contributed by atoms with E-state index < -0.39 is 0 Å². The number of nitrogens with two attached hydrogens (primary N) is 2. The van der Waals surface area contributed by atoms with Gasteiger partial charge < -0.3 is 22.1 Å². The Labute approximate surface area is 113 Å². The van der Waals surface area contributed by atoms with Crippen LogP contribution in [0, 0.1) is 0 Å². The Bertz CT molecular complexity index is 111. The predicted molar refractivity (Wildman–Crippen MR) is 78.8 cm³/mol. The molecule has 17 heavy (non-hydrogen) atoms. The molecule has 0 aliphatic heterocycles. The third kappa shape index (κ3) is 18.7. The molecule has 0 amide bonds. The normalized spacial score (nSPS) is 10.2. The van der Waals surface area contributed by atoms with Crippen molar-refractivity contribution in [2.45, 2.75) is 38.5 Å². The van der Waals surface area contributed by atoms with Gasteiger partial charge in [-0.2, -0.15) is 0 Å². The fraction of sp³-hybridized carbons (Fsp3) is 1.00. The topological polar surface area (TPSA) is 76.1 Å². The molecule has 0 fully saturated rings. The molecule has 0 aromatic rings. The maximum absolute atomic E-state index is 5.42. The van der Waals surface area contributed by atoms with Crippen LogP contribution in [0.5, 0.6) is 0 Å². The molecule has 4 nitrogen and oxygen atoms in total. The van der Waals surface area contributed by atoms with Gasteiger partial charge in [-0.05, 0) is 77.8 Å². The summed E-state index contributed by atoms with van der Waals surface area (Å²) < 4.78 is 0. The van der Waals surface area contributed by atoms with Crippen LogP contribution in [0.15, 0.2) is 0 Å². The average molecular weight is 267 g/mol. The van der Waals surface area contributed by atoms with Crippen LogP contribution in [0.3, 0.4) is 0 Å². The fourth-order valence-corrected chi connectivity index (χ4v) is 1.54. The highest BCUT2D eigenvalue weighted by Gasteiger charge is 1.90. The van der Waals surface area contributed by atoms with Gasteiger partial charge in [0.25, 0.3) is 0 Å². The summed E-state index contributed by atoms with van der Waals surface area (Å²) in [5.74, 6) is 0. The van der Waals surface area contributed by atoms with E-state index in [1.54, 1.807) is 0 Å². The Morgan fingerprint density at radius 2 is 0.824 bits per heavy atom. The fourth-order valence-electron chi connectivity index (χ4n) is 1.54. The number of hydrogen-bond donors (Lipinski definition) is 4. The molecule has 0 unspecified atom stereocenters. The van der Waals surface area contributed by atoms with Crippen molar-refractivity contribution in [2.75, 3.05) is 39.3 Å². The zero-order valence-electron chi connectivity index (χ0n) is 11.0. The third-order valence-electron chi connectivity index (χ3n) is 2.57. The number of halogens is 1. The van der Waals surface area contributed by atoms with Crippen LogP contribution in [0.2, 0.25) is 0 Å². The number of unbranched alkanes of at least 4 members (excludes halogenated alkanes) is 3. The molecule has 106 valence electrons. The first kappa shape index (κ1) is 19.5. The first-order valence-electron chi connectivity index (χ1n) is 6.73. The molecule has 6 N–H and O–H groups in total. The van der Waals surface area contributed by atoms with Gasteiger partial charge >= 0.3 is 0 Å². The molecule has 0 aromatic carbocycles. The minimum Gasteiger partial charge on any atom is -0.330 e. The van der Waals surface area contributed by atoms with Crippen LogP contribution in [0.1, 0.15) is 38.5 Å². The van der Waals surface area contributed by atoms with E-state index >= 15 is 0 Å². The number of nitrogens with one attached hydrogen (secondary N) is 2. The van der Waals surface area contributed by atoms with Crippen molar-refractivity contribution in [1.29, 1.82) is 0 Å². The van der Waals surface area contributed by atoms with Crippen LogP contribution in [-0.4, -0.2) is 39.3 Å². The summed E-state index contributed by atoms with van der Waals surface area (Å²) in [4.78, 5) is 0. The largest absolute Gasteiger partial charge is 0.330 e. The molecular weight excluding hydrogens is 236 g/mol. The molecule has 0 bridgehead atoms. The molecule has 0 atom stereocenters. The van der Waals surface area contributed by atoms with E-state index in [2.05, 4.69) is 10.6 Å². The first-order valence-corrected chi connectivity index (χ1v) is 6.73. The van der Waals surface area contributed by atoms with Crippen molar-refractivity contribution < 1.29 is 0 Å². The van der Waals surface area contributed by atoms with Gasteiger partial charge in [-0.25, -0.2) is 0 Å². The molecule has 0 rings (SSSR count). The molecule has 0 aliphatic rings. The SMILES string of the molecule is Cl.NCCCCNCCCCNCCCCN. The summed E-state index contributed by atoms with van der Waals surface area (Å²) in [7, 11) is 0. The van der Waals surface area contributed by atoms with Gasteiger partial charge in [-0.3, -0.25) is 0 Å². The Balaban J connectivity index is 0. The minimum absolute atomic E-state index is 0. The molecular formula is C12H31ClN4. The monoisotopic (exact) mass is 266 g/mol. The predicted octanol–water partition coefficient (Wildman–Crippen LogP) is 0.845. The highest BCUT2D eigenvalue weighted by Crippen LogP contribution is 1.88. The van der Waals surface area contributed by atoms with Crippen LogP contribution < -0.4 is 22.1 Å². The van der Waals surface area contributed by atoms with Crippen molar-refractivity contribution in [3.8, 4) is 0 Å². The van der Waals surface area contributed by atoms with Crippen molar-refractivity contribution in [2.24, 2.45) is 11.5 Å². The summed E-state index contributed by atoms with van der Waals surface area (Å²) in [6.07, 6.45) is 7.19. The van der Waals surface area contributed by atoms with Crippen LogP contribution in [0.25, 0.3) is 0 Å². The maximum Gasteiger partial charge on any atom is -0.00484 e. The zero-order chi connectivity index (χ0) is 11.9. The zero-order valence-corrected chi connectivity index (χ0v) is 11.9. The van der Waals surface area contributed by atoms with Gasteiger partial charge in [0.15, 0.2) is 0 Å². The maximum atomic E-state index is 5.42. The second-order valence-corrected chi connectivity index (χ2v) is 4.20. The van der Waals surface area contributed by atoms with Gasteiger partial charge in [0.05, 0.1) is 0 Å². The van der Waals surface area contributed by atoms with Gasteiger partial charge in [0.1, 0.15) is 0 Å². The van der Waals surface area contributed by atoms with E-state index in [1.807, 2.05) is 0 Å². The summed E-state index contributed by atoms with van der Waals surface area (Å²) in [5.41, 5.74) is 10.8. The van der Waals surface area contributed by atoms with Crippen LogP contribution in [0.4, 0.5) is 0 Å². The Hall–Kier alpha value is 0.130. The first-order chi connectivity index (χ1) is 7.91. The second kappa shape index (κ2) is 18.5. The molecule has 0 spiro atoms. The van der Waals surface area contributed by atoms with E-state index in [0.29, 0.717) is 0 Å². The van der Waals surface area contributed by atoms with E-state index in [0.717, 1.165) is 52.1 Å². The highest BCUT2D eigenvalue weighted by molar-refractivity contribution is 5.85. The number of rotatable bonds is 13. The van der Waals surface area contributed by atoms with Gasteiger partial charge in [-0.15, -0.1) is 12.4 Å². The summed E-state index contributed by atoms with van der Waals surface area (Å²) >= 11 is 0. The number of hydrogen-bond acceptors (Lipinski definition) is 4. The molecule has 0 heterocycles. The van der Waals surface area contributed by atoms with Gasteiger partial charge in [-0.1, -0.05) is 0 Å². The van der Waals surface area contributed by atoms with E-state index in [9.17, 15) is 0 Å². The lowest BCUT2D eigenvalue weighted by Crippen LogP contribution is -2.21. The van der Waals surface area contributed by atoms with E-state index in [-0.39, 0.29) is 12.4 Å². The third-order valence-corrected chi connectivity index (χ3v) is 2.57. The Morgan fingerprint density at radius 1 is 0.529 bits per heavy atom.